The Bertz CT molecular complexity index is 1750. The number of anilines is 3. The van der Waals surface area contributed by atoms with Gasteiger partial charge in [-0.1, -0.05) is 30.8 Å². The number of carbonyl (C=O) groups is 3. The van der Waals surface area contributed by atoms with Crippen molar-refractivity contribution < 1.29 is 23.2 Å². The number of benzene rings is 2. The molecular formula is C30H25F2N5O3S. The van der Waals surface area contributed by atoms with Crippen LogP contribution < -0.4 is 15.5 Å². The highest BCUT2D eigenvalue weighted by Gasteiger charge is 2.34. The monoisotopic (exact) mass is 573 g/mol. The lowest BCUT2D eigenvalue weighted by molar-refractivity contribution is -0.127. The molecule has 0 aliphatic carbocycles. The Hall–Kier alpha value is -4.64. The minimum atomic E-state index is -0.970. The second-order valence-corrected chi connectivity index (χ2v) is 11.0. The zero-order valence-corrected chi connectivity index (χ0v) is 22.9. The highest BCUT2D eigenvalue weighted by atomic mass is 32.1. The first kappa shape index (κ1) is 26.6. The molecule has 2 aromatic carbocycles. The van der Waals surface area contributed by atoms with Crippen LogP contribution in [0.3, 0.4) is 0 Å². The Labute approximate surface area is 238 Å². The highest BCUT2D eigenvalue weighted by molar-refractivity contribution is 7.21. The molecule has 0 bridgehead atoms. The molecule has 208 valence electrons. The Kier molecular flexibility index (Phi) is 6.74. The van der Waals surface area contributed by atoms with Crippen molar-refractivity contribution in [1.82, 2.24) is 15.2 Å². The van der Waals surface area contributed by atoms with Gasteiger partial charge in [0.05, 0.1) is 22.4 Å². The zero-order chi connectivity index (χ0) is 28.8. The molecule has 4 aromatic rings. The number of carbonyl (C=O) groups excluding carboxylic acids is 3. The molecule has 0 saturated carbocycles. The van der Waals surface area contributed by atoms with Gasteiger partial charge in [0.2, 0.25) is 5.91 Å². The van der Waals surface area contributed by atoms with Gasteiger partial charge in [0.1, 0.15) is 9.71 Å². The van der Waals surface area contributed by atoms with Crippen LogP contribution in [-0.4, -0.2) is 46.9 Å². The molecule has 1 atom stereocenters. The largest absolute Gasteiger partial charge is 0.347 e. The average Bonchev–Trinajstić information content (AvgIpc) is 3.34. The van der Waals surface area contributed by atoms with Crippen molar-refractivity contribution in [3.8, 4) is 11.1 Å². The van der Waals surface area contributed by atoms with Gasteiger partial charge < -0.3 is 15.5 Å². The van der Waals surface area contributed by atoms with Crippen LogP contribution in [0.5, 0.6) is 0 Å². The second-order valence-electron chi connectivity index (χ2n) is 9.99. The molecule has 4 heterocycles. The summed E-state index contributed by atoms with van der Waals surface area (Å²) in [5.74, 6) is -2.47. The van der Waals surface area contributed by atoms with E-state index < -0.39 is 17.7 Å². The van der Waals surface area contributed by atoms with Crippen molar-refractivity contribution in [2.24, 2.45) is 0 Å². The van der Waals surface area contributed by atoms with Gasteiger partial charge in [-0.15, -0.1) is 11.3 Å². The van der Waals surface area contributed by atoms with Gasteiger partial charge in [0.15, 0.2) is 11.6 Å². The van der Waals surface area contributed by atoms with Crippen LogP contribution in [0.25, 0.3) is 21.3 Å². The maximum Gasteiger partial charge on any atom is 0.331 e. The minimum Gasteiger partial charge on any atom is -0.347 e. The van der Waals surface area contributed by atoms with Crippen LogP contribution >= 0.6 is 11.3 Å². The summed E-state index contributed by atoms with van der Waals surface area (Å²) < 4.78 is 28.6. The predicted molar refractivity (Wildman–Crippen MR) is 155 cm³/mol. The number of aromatic nitrogens is 1. The fourth-order valence-electron chi connectivity index (χ4n) is 5.40. The van der Waals surface area contributed by atoms with E-state index in [1.54, 1.807) is 35.4 Å². The maximum absolute atomic E-state index is 14.6. The lowest BCUT2D eigenvalue weighted by Gasteiger charge is -2.32. The van der Waals surface area contributed by atoms with E-state index >= 15 is 0 Å². The number of nitrogens with one attached hydrogen (secondary N) is 2. The lowest BCUT2D eigenvalue weighted by Crippen LogP contribution is -2.49. The summed E-state index contributed by atoms with van der Waals surface area (Å²) in [7, 11) is 0. The lowest BCUT2D eigenvalue weighted by atomic mass is 10.0. The molecule has 1 saturated heterocycles. The van der Waals surface area contributed by atoms with Crippen molar-refractivity contribution in [3.05, 3.63) is 83.4 Å². The molecule has 11 heteroatoms. The minimum absolute atomic E-state index is 0.0785. The van der Waals surface area contributed by atoms with Gasteiger partial charge >= 0.3 is 6.03 Å². The first-order valence-electron chi connectivity index (χ1n) is 13.1. The number of piperidine rings is 1. The molecule has 0 spiro atoms. The van der Waals surface area contributed by atoms with E-state index in [1.807, 2.05) is 6.92 Å². The number of rotatable bonds is 5. The van der Waals surface area contributed by atoms with Gasteiger partial charge in [-0.2, -0.15) is 0 Å². The predicted octanol–water partition coefficient (Wildman–Crippen LogP) is 6.14. The van der Waals surface area contributed by atoms with Crippen LogP contribution in [0.4, 0.5) is 30.6 Å². The zero-order valence-electron chi connectivity index (χ0n) is 22.0. The van der Waals surface area contributed by atoms with Crippen LogP contribution in [0.1, 0.15) is 28.1 Å². The molecule has 2 N–H and O–H groups in total. The Balaban J connectivity index is 1.37. The van der Waals surface area contributed by atoms with Gasteiger partial charge in [-0.25, -0.2) is 18.6 Å². The summed E-state index contributed by atoms with van der Waals surface area (Å²) in [6, 6.07) is 9.97. The number of nitrogens with zero attached hydrogens (tertiary/aromatic N) is 3. The molecule has 2 aromatic heterocycles. The number of hydrogen-bond acceptors (Lipinski definition) is 5. The molecule has 2 aliphatic rings. The third-order valence-electron chi connectivity index (χ3n) is 7.41. The van der Waals surface area contributed by atoms with Crippen molar-refractivity contribution in [1.29, 1.82) is 0 Å². The van der Waals surface area contributed by atoms with Gasteiger partial charge in [0, 0.05) is 30.9 Å². The number of hydrogen-bond donors (Lipinski definition) is 2. The first-order chi connectivity index (χ1) is 19.8. The van der Waals surface area contributed by atoms with E-state index in [0.29, 0.717) is 50.8 Å². The number of pyridine rings is 1. The summed E-state index contributed by atoms with van der Waals surface area (Å²) in [4.78, 5) is 47.6. The van der Waals surface area contributed by atoms with Gasteiger partial charge in [-0.05, 0) is 55.2 Å². The van der Waals surface area contributed by atoms with Crippen molar-refractivity contribution >= 4 is 56.5 Å². The molecule has 0 radical (unpaired) electrons. The Morgan fingerprint density at radius 2 is 2.02 bits per heavy atom. The topological polar surface area (TPSA) is 94.6 Å². The van der Waals surface area contributed by atoms with E-state index in [9.17, 15) is 23.2 Å². The number of likely N-dealkylation sites (tertiary alicyclic amines) is 1. The van der Waals surface area contributed by atoms with E-state index in [0.717, 1.165) is 24.5 Å². The Morgan fingerprint density at radius 1 is 1.20 bits per heavy atom. The van der Waals surface area contributed by atoms with Crippen LogP contribution in [0.2, 0.25) is 0 Å². The fourth-order valence-corrected chi connectivity index (χ4v) is 6.43. The number of urea groups is 1. The van der Waals surface area contributed by atoms with Crippen LogP contribution in [-0.2, 0) is 4.79 Å². The molecule has 4 amide bonds. The summed E-state index contributed by atoms with van der Waals surface area (Å²) >= 11 is 1.17. The van der Waals surface area contributed by atoms with E-state index in [-0.39, 0.29) is 23.4 Å². The molecule has 1 fully saturated rings. The number of amides is 4. The first-order valence-corrected chi connectivity index (χ1v) is 13.9. The van der Waals surface area contributed by atoms with Crippen LogP contribution in [0.15, 0.2) is 61.3 Å². The SMILES string of the molecule is C=CC(=O)N1CCC[C@@H](NC(=O)c2sc3nccc4c3c2NC(=O)N4c2cc(-c3cccc(F)c3F)ccc2C)C1. The number of halogens is 2. The standard InChI is InChI=1S/C30H25F2N5O3S/c1-3-23(38)36-13-5-6-18(15-36)34-28(39)27-26-24-21(11-12-33-29(24)41-27)37(30(40)35-26)22-14-17(10-9-16(22)2)19-7-4-8-20(31)25(19)32/h3-4,7-12,14,18H,1,5-6,13,15H2,2H3,(H,34,39)(H,35,40)/t18-/m1/s1. The van der Waals surface area contributed by atoms with Gasteiger partial charge in [0.25, 0.3) is 5.91 Å². The summed E-state index contributed by atoms with van der Waals surface area (Å²) in [5.41, 5.74) is 2.59. The number of aryl methyl sites for hydroxylation is 1. The van der Waals surface area contributed by atoms with E-state index in [2.05, 4.69) is 22.2 Å². The summed E-state index contributed by atoms with van der Waals surface area (Å²) in [5, 5.41) is 6.48. The van der Waals surface area contributed by atoms with Gasteiger partial charge in [-0.3, -0.25) is 14.5 Å². The fraction of sp³-hybridized carbons (Fsp3) is 0.200. The quantitative estimate of drug-likeness (QED) is 0.281. The Morgan fingerprint density at radius 3 is 2.83 bits per heavy atom. The average molecular weight is 574 g/mol. The van der Waals surface area contributed by atoms with Crippen molar-refractivity contribution in [3.63, 3.8) is 0 Å². The van der Waals surface area contributed by atoms with E-state index in [1.165, 1.54) is 34.4 Å². The van der Waals surface area contributed by atoms with Crippen LogP contribution in [0, 0.1) is 18.6 Å². The van der Waals surface area contributed by atoms with Crippen molar-refractivity contribution in [2.45, 2.75) is 25.8 Å². The van der Waals surface area contributed by atoms with E-state index in [4.69, 9.17) is 0 Å². The second kappa shape index (κ2) is 10.4. The molecule has 2 aliphatic heterocycles. The molecule has 8 nitrogen and oxygen atoms in total. The third kappa shape index (κ3) is 4.61. The molecule has 41 heavy (non-hydrogen) atoms. The number of thiophene rings is 1. The highest BCUT2D eigenvalue weighted by Crippen LogP contribution is 2.46. The normalized spacial score (nSPS) is 16.5. The summed E-state index contributed by atoms with van der Waals surface area (Å²) in [6.07, 6.45) is 4.30. The molecule has 6 rings (SSSR count). The smallest absolute Gasteiger partial charge is 0.331 e. The third-order valence-corrected chi connectivity index (χ3v) is 8.50. The molecular weight excluding hydrogens is 548 g/mol. The summed E-state index contributed by atoms with van der Waals surface area (Å²) in [6.45, 7) is 6.34. The maximum atomic E-state index is 14.6. The molecule has 0 unspecified atom stereocenters. The van der Waals surface area contributed by atoms with Crippen molar-refractivity contribution in [2.75, 3.05) is 23.3 Å².